The summed E-state index contributed by atoms with van der Waals surface area (Å²) >= 11 is 0. The van der Waals surface area contributed by atoms with Crippen molar-refractivity contribution < 1.29 is 4.79 Å². The first-order valence-corrected chi connectivity index (χ1v) is 9.75. The second-order valence-corrected chi connectivity index (χ2v) is 6.97. The fraction of sp³-hybridized carbons (Fsp3) is 0.476. The number of aryl methyl sites for hydroxylation is 3. The molecule has 0 saturated carbocycles. The Labute approximate surface area is 161 Å². The number of nitrogens with zero attached hydrogens (tertiary/aromatic N) is 4. The van der Waals surface area contributed by atoms with Gasteiger partial charge in [-0.3, -0.25) is 4.79 Å². The minimum absolute atomic E-state index is 0.130. The van der Waals surface area contributed by atoms with Crippen molar-refractivity contribution in [3.05, 3.63) is 41.1 Å². The monoisotopic (exact) mass is 367 g/mol. The van der Waals surface area contributed by atoms with E-state index in [4.69, 9.17) is 4.98 Å². The van der Waals surface area contributed by atoms with Gasteiger partial charge < -0.3 is 15.1 Å². The molecule has 0 atom stereocenters. The van der Waals surface area contributed by atoms with Gasteiger partial charge >= 0.3 is 0 Å². The van der Waals surface area contributed by atoms with E-state index in [2.05, 4.69) is 47.2 Å². The van der Waals surface area contributed by atoms with Crippen molar-refractivity contribution in [2.45, 2.75) is 40.5 Å². The van der Waals surface area contributed by atoms with E-state index >= 15 is 0 Å². The number of aromatic nitrogens is 2. The molecule has 6 nitrogen and oxygen atoms in total. The molecule has 1 aliphatic rings. The number of para-hydroxylation sites is 1. The largest absolute Gasteiger partial charge is 0.340 e. The van der Waals surface area contributed by atoms with E-state index in [-0.39, 0.29) is 5.91 Å². The van der Waals surface area contributed by atoms with E-state index in [0.717, 1.165) is 49.1 Å². The summed E-state index contributed by atoms with van der Waals surface area (Å²) in [5, 5.41) is 3.55. The maximum atomic E-state index is 11.5. The van der Waals surface area contributed by atoms with Gasteiger partial charge in [-0.05, 0) is 30.9 Å². The molecule has 144 valence electrons. The van der Waals surface area contributed by atoms with Gasteiger partial charge in [-0.2, -0.15) is 4.98 Å². The third-order valence-corrected chi connectivity index (χ3v) is 5.10. The van der Waals surface area contributed by atoms with Crippen molar-refractivity contribution >= 4 is 23.4 Å². The van der Waals surface area contributed by atoms with Gasteiger partial charge in [0.05, 0.1) is 0 Å². The molecular formula is C21H29N5O. The molecule has 1 aromatic carbocycles. The number of benzene rings is 1. The Balaban J connectivity index is 1.84. The van der Waals surface area contributed by atoms with Crippen LogP contribution in [0.25, 0.3) is 0 Å². The van der Waals surface area contributed by atoms with Gasteiger partial charge in [-0.1, -0.05) is 32.0 Å². The van der Waals surface area contributed by atoms with Gasteiger partial charge in [0, 0.05) is 50.6 Å². The second-order valence-electron chi connectivity index (χ2n) is 6.97. The SMILES string of the molecule is CCc1cccc(CC)c1Nc1cc(C)nc(N2CCN(C(C)=O)CC2)n1. The van der Waals surface area contributed by atoms with E-state index in [1.54, 1.807) is 6.92 Å². The third kappa shape index (κ3) is 4.38. The molecule has 0 bridgehead atoms. The van der Waals surface area contributed by atoms with Crippen molar-refractivity contribution in [1.82, 2.24) is 14.9 Å². The first-order valence-electron chi connectivity index (χ1n) is 9.75. The number of rotatable bonds is 5. The molecule has 27 heavy (non-hydrogen) atoms. The second kappa shape index (κ2) is 8.37. The predicted molar refractivity (Wildman–Crippen MR) is 110 cm³/mol. The molecule has 0 radical (unpaired) electrons. The molecule has 1 N–H and O–H groups in total. The van der Waals surface area contributed by atoms with Crippen LogP contribution in [-0.2, 0) is 17.6 Å². The summed E-state index contributed by atoms with van der Waals surface area (Å²) in [4.78, 5) is 25.0. The Morgan fingerprint density at radius 2 is 1.70 bits per heavy atom. The summed E-state index contributed by atoms with van der Waals surface area (Å²) in [5.41, 5.74) is 4.68. The van der Waals surface area contributed by atoms with Gasteiger partial charge in [-0.15, -0.1) is 0 Å². The number of amides is 1. The van der Waals surface area contributed by atoms with Gasteiger partial charge in [0.2, 0.25) is 11.9 Å². The molecule has 2 heterocycles. The summed E-state index contributed by atoms with van der Waals surface area (Å²) < 4.78 is 0. The number of anilines is 3. The van der Waals surface area contributed by atoms with Crippen molar-refractivity contribution in [2.75, 3.05) is 36.4 Å². The van der Waals surface area contributed by atoms with Crippen LogP contribution in [0.15, 0.2) is 24.3 Å². The molecule has 1 aliphatic heterocycles. The lowest BCUT2D eigenvalue weighted by Crippen LogP contribution is -2.48. The molecule has 3 rings (SSSR count). The highest BCUT2D eigenvalue weighted by atomic mass is 16.2. The maximum Gasteiger partial charge on any atom is 0.227 e. The Kier molecular flexibility index (Phi) is 5.94. The highest BCUT2D eigenvalue weighted by molar-refractivity contribution is 5.73. The molecule has 1 fully saturated rings. The average molecular weight is 367 g/mol. The minimum Gasteiger partial charge on any atom is -0.340 e. The van der Waals surface area contributed by atoms with Gasteiger partial charge in [0.1, 0.15) is 5.82 Å². The molecular weight excluding hydrogens is 338 g/mol. The zero-order valence-corrected chi connectivity index (χ0v) is 16.7. The van der Waals surface area contributed by atoms with Crippen LogP contribution in [0.3, 0.4) is 0 Å². The van der Waals surface area contributed by atoms with Crippen LogP contribution in [0.5, 0.6) is 0 Å². The van der Waals surface area contributed by atoms with E-state index in [1.165, 1.54) is 11.1 Å². The van der Waals surface area contributed by atoms with Crippen LogP contribution in [-0.4, -0.2) is 47.0 Å². The van der Waals surface area contributed by atoms with Gasteiger partial charge in [-0.25, -0.2) is 4.98 Å². The zero-order chi connectivity index (χ0) is 19.4. The lowest BCUT2D eigenvalue weighted by Gasteiger charge is -2.34. The van der Waals surface area contributed by atoms with E-state index in [9.17, 15) is 4.79 Å². The third-order valence-electron chi connectivity index (χ3n) is 5.10. The van der Waals surface area contributed by atoms with Crippen molar-refractivity contribution in [2.24, 2.45) is 0 Å². The highest BCUT2D eigenvalue weighted by Crippen LogP contribution is 2.27. The predicted octanol–water partition coefficient (Wildman–Crippen LogP) is 3.32. The molecule has 0 unspecified atom stereocenters. The molecule has 0 aliphatic carbocycles. The van der Waals surface area contributed by atoms with E-state index in [1.807, 2.05) is 17.9 Å². The van der Waals surface area contributed by atoms with Crippen molar-refractivity contribution in [3.63, 3.8) is 0 Å². The number of hydrogen-bond donors (Lipinski definition) is 1. The summed E-state index contributed by atoms with van der Waals surface area (Å²) in [5.74, 6) is 1.68. The van der Waals surface area contributed by atoms with Gasteiger partial charge in [0.15, 0.2) is 0 Å². The number of hydrogen-bond acceptors (Lipinski definition) is 5. The number of piperazine rings is 1. The number of carbonyl (C=O) groups excluding carboxylic acids is 1. The van der Waals surface area contributed by atoms with Crippen LogP contribution >= 0.6 is 0 Å². The zero-order valence-electron chi connectivity index (χ0n) is 16.7. The van der Waals surface area contributed by atoms with Crippen LogP contribution in [0.4, 0.5) is 17.5 Å². The first-order chi connectivity index (χ1) is 13.0. The van der Waals surface area contributed by atoms with Crippen LogP contribution in [0, 0.1) is 6.92 Å². The minimum atomic E-state index is 0.130. The molecule has 0 spiro atoms. The molecule has 1 aromatic heterocycles. The average Bonchev–Trinajstić information content (AvgIpc) is 2.67. The fourth-order valence-corrected chi connectivity index (χ4v) is 3.51. The lowest BCUT2D eigenvalue weighted by molar-refractivity contribution is -0.129. The van der Waals surface area contributed by atoms with Crippen LogP contribution in [0.1, 0.15) is 37.6 Å². The maximum absolute atomic E-state index is 11.5. The quantitative estimate of drug-likeness (QED) is 0.878. The van der Waals surface area contributed by atoms with E-state index in [0.29, 0.717) is 13.1 Å². The molecule has 2 aromatic rings. The van der Waals surface area contributed by atoms with Crippen molar-refractivity contribution in [1.29, 1.82) is 0 Å². The number of nitrogens with one attached hydrogen (secondary N) is 1. The smallest absolute Gasteiger partial charge is 0.227 e. The Hall–Kier alpha value is -2.63. The van der Waals surface area contributed by atoms with Crippen LogP contribution < -0.4 is 10.2 Å². The Morgan fingerprint density at radius 1 is 1.07 bits per heavy atom. The fourth-order valence-electron chi connectivity index (χ4n) is 3.51. The Bertz CT molecular complexity index is 790. The molecule has 1 saturated heterocycles. The first kappa shape index (κ1) is 19.1. The highest BCUT2D eigenvalue weighted by Gasteiger charge is 2.21. The lowest BCUT2D eigenvalue weighted by atomic mass is 10.0. The topological polar surface area (TPSA) is 61.4 Å². The standard InChI is InChI=1S/C21H29N5O/c1-5-17-8-7-9-18(6-2)20(17)23-19-14-15(3)22-21(24-19)26-12-10-25(11-13-26)16(4)27/h7-9,14H,5-6,10-13H2,1-4H3,(H,22,23,24). The van der Waals surface area contributed by atoms with Gasteiger partial charge in [0.25, 0.3) is 0 Å². The van der Waals surface area contributed by atoms with E-state index < -0.39 is 0 Å². The normalized spacial score (nSPS) is 14.4. The summed E-state index contributed by atoms with van der Waals surface area (Å²) in [6.07, 6.45) is 1.94. The summed E-state index contributed by atoms with van der Waals surface area (Å²) in [6, 6.07) is 8.43. The summed E-state index contributed by atoms with van der Waals surface area (Å²) in [6.45, 7) is 10.9. The summed E-state index contributed by atoms with van der Waals surface area (Å²) in [7, 11) is 0. The van der Waals surface area contributed by atoms with Crippen LogP contribution in [0.2, 0.25) is 0 Å². The van der Waals surface area contributed by atoms with Crippen molar-refractivity contribution in [3.8, 4) is 0 Å². The number of carbonyl (C=O) groups is 1. The Morgan fingerprint density at radius 3 is 2.26 bits per heavy atom. The molecule has 6 heteroatoms. The molecule has 1 amide bonds.